The summed E-state index contributed by atoms with van der Waals surface area (Å²) in [6, 6.07) is 6.90. The maximum Gasteiger partial charge on any atom is 0.253 e. The van der Waals surface area contributed by atoms with Crippen LogP contribution in [0.15, 0.2) is 24.3 Å². The first-order chi connectivity index (χ1) is 10.0. The third-order valence-electron chi connectivity index (χ3n) is 4.44. The van der Waals surface area contributed by atoms with E-state index in [0.717, 1.165) is 0 Å². The van der Waals surface area contributed by atoms with Crippen LogP contribution in [0.1, 0.15) is 10.4 Å². The zero-order valence-electron chi connectivity index (χ0n) is 12.0. The number of likely N-dealkylation sites (tertiary alicyclic amines) is 2. The molecule has 0 bridgehead atoms. The number of hydrogen-bond acceptors (Lipinski definition) is 3. The Kier molecular flexibility index (Phi) is 3.63. The molecular formula is C15H17ClN2O3. The van der Waals surface area contributed by atoms with Crippen LogP contribution in [0.4, 0.5) is 0 Å². The molecular weight excluding hydrogens is 292 g/mol. The maximum atomic E-state index is 12.5. The molecule has 3 atom stereocenters. The number of carbonyl (C=O) groups excluding carboxylic acids is 2. The zero-order valence-corrected chi connectivity index (χ0v) is 12.7. The number of carbonyl (C=O) groups is 2. The molecule has 2 fully saturated rings. The van der Waals surface area contributed by atoms with Gasteiger partial charge in [-0.3, -0.25) is 9.59 Å². The fourth-order valence-corrected chi connectivity index (χ4v) is 3.41. The second kappa shape index (κ2) is 5.31. The van der Waals surface area contributed by atoms with E-state index in [9.17, 15) is 9.59 Å². The Hall–Kier alpha value is -1.59. The average Bonchev–Trinajstić information content (AvgIpc) is 3.00. The minimum absolute atomic E-state index is 0.00564. The van der Waals surface area contributed by atoms with Crippen LogP contribution in [0.25, 0.3) is 0 Å². The average molecular weight is 309 g/mol. The van der Waals surface area contributed by atoms with Gasteiger partial charge in [0.2, 0.25) is 0 Å². The topological polar surface area (TPSA) is 49.9 Å². The second-order valence-electron chi connectivity index (χ2n) is 5.55. The molecule has 5 nitrogen and oxygen atoms in total. The highest BCUT2D eigenvalue weighted by Gasteiger charge is 2.52. The Balaban J connectivity index is 1.77. The van der Waals surface area contributed by atoms with E-state index in [0.29, 0.717) is 23.7 Å². The van der Waals surface area contributed by atoms with Gasteiger partial charge in [-0.25, -0.2) is 0 Å². The van der Waals surface area contributed by atoms with Gasteiger partial charge in [0.25, 0.3) is 11.8 Å². The molecule has 0 N–H and O–H groups in total. The number of ether oxygens (including phenoxy) is 1. The van der Waals surface area contributed by atoms with Gasteiger partial charge in [-0.1, -0.05) is 11.6 Å². The number of likely N-dealkylation sites (N-methyl/N-ethyl adjacent to an activating group) is 1. The van der Waals surface area contributed by atoms with Crippen molar-refractivity contribution in [2.24, 2.45) is 5.92 Å². The lowest BCUT2D eigenvalue weighted by molar-refractivity contribution is -0.136. The van der Waals surface area contributed by atoms with Crippen molar-refractivity contribution in [3.8, 4) is 0 Å². The molecule has 21 heavy (non-hydrogen) atoms. The number of nitrogens with zero attached hydrogens (tertiary/aromatic N) is 2. The predicted molar refractivity (Wildman–Crippen MR) is 78.2 cm³/mol. The van der Waals surface area contributed by atoms with Gasteiger partial charge in [0.15, 0.2) is 0 Å². The molecule has 2 aliphatic heterocycles. The highest BCUT2D eigenvalue weighted by atomic mass is 35.5. The molecule has 0 spiro atoms. The molecule has 0 radical (unpaired) electrons. The number of rotatable bonds is 2. The smallest absolute Gasteiger partial charge is 0.253 e. The predicted octanol–water partition coefficient (Wildman–Crippen LogP) is 1.27. The highest BCUT2D eigenvalue weighted by molar-refractivity contribution is 6.30. The summed E-state index contributed by atoms with van der Waals surface area (Å²) in [5, 5.41) is 0.606. The molecule has 1 aromatic rings. The Morgan fingerprint density at radius 2 is 1.95 bits per heavy atom. The van der Waals surface area contributed by atoms with E-state index in [4.69, 9.17) is 16.3 Å². The lowest BCUT2D eigenvalue weighted by Gasteiger charge is -2.22. The SMILES string of the molecule is CO[C@@H]1C(=O)N(C)[C@@H]2CN(C(=O)c3ccc(Cl)cc3)C[C@H]12. The van der Waals surface area contributed by atoms with E-state index in [2.05, 4.69) is 0 Å². The molecule has 3 rings (SSSR count). The Morgan fingerprint density at radius 3 is 2.57 bits per heavy atom. The third kappa shape index (κ3) is 2.30. The van der Waals surface area contributed by atoms with Crippen LogP contribution >= 0.6 is 11.6 Å². The fourth-order valence-electron chi connectivity index (χ4n) is 3.28. The summed E-state index contributed by atoms with van der Waals surface area (Å²) in [6.07, 6.45) is -0.442. The summed E-state index contributed by atoms with van der Waals surface area (Å²) in [5.41, 5.74) is 0.613. The highest BCUT2D eigenvalue weighted by Crippen LogP contribution is 2.33. The van der Waals surface area contributed by atoms with Gasteiger partial charge in [0.05, 0.1) is 6.04 Å². The van der Waals surface area contributed by atoms with E-state index in [-0.39, 0.29) is 23.8 Å². The number of methoxy groups -OCH3 is 1. The van der Waals surface area contributed by atoms with Crippen molar-refractivity contribution in [3.05, 3.63) is 34.9 Å². The van der Waals surface area contributed by atoms with Gasteiger partial charge in [0, 0.05) is 43.8 Å². The van der Waals surface area contributed by atoms with E-state index in [1.54, 1.807) is 48.2 Å². The molecule has 2 aliphatic rings. The summed E-state index contributed by atoms with van der Waals surface area (Å²) in [6.45, 7) is 1.09. The van der Waals surface area contributed by atoms with Crippen LogP contribution in [0, 0.1) is 5.92 Å². The lowest BCUT2D eigenvalue weighted by atomic mass is 10.0. The van der Waals surface area contributed by atoms with E-state index >= 15 is 0 Å². The number of benzene rings is 1. The first-order valence-electron chi connectivity index (χ1n) is 6.87. The Morgan fingerprint density at radius 1 is 1.29 bits per heavy atom. The molecule has 0 aromatic heterocycles. The van der Waals surface area contributed by atoms with Crippen molar-refractivity contribution in [1.82, 2.24) is 9.80 Å². The molecule has 2 amide bonds. The number of amides is 2. The second-order valence-corrected chi connectivity index (χ2v) is 5.99. The number of fused-ring (bicyclic) bond motifs is 1. The Bertz CT molecular complexity index is 575. The minimum Gasteiger partial charge on any atom is -0.371 e. The molecule has 2 saturated heterocycles. The Labute approximate surface area is 128 Å². The number of halogens is 1. The summed E-state index contributed by atoms with van der Waals surface area (Å²) < 4.78 is 5.31. The molecule has 0 aliphatic carbocycles. The van der Waals surface area contributed by atoms with Crippen molar-refractivity contribution >= 4 is 23.4 Å². The van der Waals surface area contributed by atoms with E-state index < -0.39 is 6.10 Å². The molecule has 0 unspecified atom stereocenters. The summed E-state index contributed by atoms with van der Waals surface area (Å²) in [5.74, 6) is 0.0200. The maximum absolute atomic E-state index is 12.5. The molecule has 1 aromatic carbocycles. The molecule has 2 heterocycles. The zero-order chi connectivity index (χ0) is 15.1. The van der Waals surface area contributed by atoms with E-state index in [1.807, 2.05) is 0 Å². The molecule has 112 valence electrons. The lowest BCUT2D eigenvalue weighted by Crippen LogP contribution is -2.38. The van der Waals surface area contributed by atoms with Crippen LogP contribution in [0.2, 0.25) is 5.02 Å². The van der Waals surface area contributed by atoms with Crippen molar-refractivity contribution in [2.75, 3.05) is 27.2 Å². The third-order valence-corrected chi connectivity index (χ3v) is 4.69. The van der Waals surface area contributed by atoms with Crippen molar-refractivity contribution in [1.29, 1.82) is 0 Å². The summed E-state index contributed by atoms with van der Waals surface area (Å²) >= 11 is 5.84. The van der Waals surface area contributed by atoms with Gasteiger partial charge in [-0.15, -0.1) is 0 Å². The standard InChI is InChI=1S/C15H17ClN2O3/c1-17-12-8-18(7-11(12)13(21-2)15(17)20)14(19)9-3-5-10(16)6-4-9/h3-6,11-13H,7-8H2,1-2H3/t11-,12+,13-/m0/s1. The van der Waals surface area contributed by atoms with Gasteiger partial charge in [-0.05, 0) is 24.3 Å². The van der Waals surface area contributed by atoms with Gasteiger partial charge < -0.3 is 14.5 Å². The minimum atomic E-state index is -0.442. The van der Waals surface area contributed by atoms with Crippen LogP contribution < -0.4 is 0 Å². The van der Waals surface area contributed by atoms with Crippen molar-refractivity contribution < 1.29 is 14.3 Å². The van der Waals surface area contributed by atoms with Crippen molar-refractivity contribution in [2.45, 2.75) is 12.1 Å². The van der Waals surface area contributed by atoms with Gasteiger partial charge in [0.1, 0.15) is 6.10 Å². The van der Waals surface area contributed by atoms with Crippen LogP contribution in [-0.2, 0) is 9.53 Å². The van der Waals surface area contributed by atoms with Gasteiger partial charge >= 0.3 is 0 Å². The number of hydrogen-bond donors (Lipinski definition) is 0. The monoisotopic (exact) mass is 308 g/mol. The van der Waals surface area contributed by atoms with E-state index in [1.165, 1.54) is 0 Å². The van der Waals surface area contributed by atoms with Gasteiger partial charge in [-0.2, -0.15) is 0 Å². The van der Waals surface area contributed by atoms with Crippen LogP contribution in [0.5, 0.6) is 0 Å². The van der Waals surface area contributed by atoms with Crippen LogP contribution in [0.3, 0.4) is 0 Å². The summed E-state index contributed by atoms with van der Waals surface area (Å²) in [7, 11) is 3.32. The largest absolute Gasteiger partial charge is 0.371 e. The fraction of sp³-hybridized carbons (Fsp3) is 0.467. The van der Waals surface area contributed by atoms with Crippen molar-refractivity contribution in [3.63, 3.8) is 0 Å². The summed E-state index contributed by atoms with van der Waals surface area (Å²) in [4.78, 5) is 28.0. The quantitative estimate of drug-likeness (QED) is 0.826. The normalized spacial score (nSPS) is 28.1. The first kappa shape index (κ1) is 14.4. The molecule has 0 saturated carbocycles. The molecule has 6 heteroatoms. The first-order valence-corrected chi connectivity index (χ1v) is 7.25. The van der Waals surface area contributed by atoms with Crippen LogP contribution in [-0.4, -0.2) is 61.0 Å².